The van der Waals surface area contributed by atoms with Crippen molar-refractivity contribution in [2.24, 2.45) is 0 Å². The van der Waals surface area contributed by atoms with Gasteiger partial charge in [-0.3, -0.25) is 9.80 Å². The average Bonchev–Trinajstić information content (AvgIpc) is 2.59. The molecule has 0 aromatic rings. The summed E-state index contributed by atoms with van der Waals surface area (Å²) in [5, 5.41) is 0. The van der Waals surface area contributed by atoms with Crippen LogP contribution in [0.5, 0.6) is 0 Å². The Morgan fingerprint density at radius 3 is 1.29 bits per heavy atom. The first-order chi connectivity index (χ1) is 6.72. The third-order valence-electron chi connectivity index (χ3n) is 2.77. The van der Waals surface area contributed by atoms with Gasteiger partial charge in [0.1, 0.15) is 0 Å². The summed E-state index contributed by atoms with van der Waals surface area (Å²) in [6.45, 7) is 4.64. The first-order valence-electron chi connectivity index (χ1n) is 4.89. The van der Waals surface area contributed by atoms with Crippen LogP contribution in [0.4, 0.5) is 0 Å². The van der Waals surface area contributed by atoms with Crippen molar-refractivity contribution in [1.82, 2.24) is 9.80 Å². The first-order valence-corrected chi connectivity index (χ1v) is 6.52. The summed E-state index contributed by atoms with van der Waals surface area (Å²) in [4.78, 5) is 11.2. The summed E-state index contributed by atoms with van der Waals surface area (Å²) < 4.78 is 0. The Balaban J connectivity index is 1.81. The van der Waals surface area contributed by atoms with E-state index in [2.05, 4.69) is 23.9 Å². The largest absolute Gasteiger partial charge is 0.297 e. The Kier molecular flexibility index (Phi) is 2.20. The van der Waals surface area contributed by atoms with E-state index in [4.69, 9.17) is 0 Å². The van der Waals surface area contributed by atoms with E-state index in [9.17, 15) is 0 Å². The van der Waals surface area contributed by atoms with Gasteiger partial charge in [0, 0.05) is 45.8 Å². The molecule has 0 aromatic carbocycles. The number of thioether (sulfide) groups is 2. The lowest BCUT2D eigenvalue weighted by molar-refractivity contribution is 0.429. The van der Waals surface area contributed by atoms with Crippen LogP contribution in [-0.2, 0) is 0 Å². The zero-order chi connectivity index (χ0) is 9.71. The van der Waals surface area contributed by atoms with Crippen molar-refractivity contribution in [3.05, 3.63) is 19.6 Å². The summed E-state index contributed by atoms with van der Waals surface area (Å²) in [7, 11) is 4.41. The van der Waals surface area contributed by atoms with E-state index in [1.165, 1.54) is 0 Å². The SMILES string of the molecule is CN1CC2=C(C1)SC1=C(CN(C)C1)S2. The summed E-state index contributed by atoms with van der Waals surface area (Å²) in [5.41, 5.74) is 0. The molecular formula is C10H14N2S2. The lowest BCUT2D eigenvalue weighted by Gasteiger charge is -2.13. The monoisotopic (exact) mass is 226 g/mol. The fourth-order valence-electron chi connectivity index (χ4n) is 2.10. The van der Waals surface area contributed by atoms with Gasteiger partial charge in [-0.25, -0.2) is 0 Å². The molecule has 2 nitrogen and oxygen atoms in total. The van der Waals surface area contributed by atoms with Crippen molar-refractivity contribution in [1.29, 1.82) is 0 Å². The van der Waals surface area contributed by atoms with Crippen LogP contribution in [0.1, 0.15) is 0 Å². The highest BCUT2D eigenvalue weighted by molar-refractivity contribution is 8.13. The van der Waals surface area contributed by atoms with Crippen LogP contribution in [0.2, 0.25) is 0 Å². The van der Waals surface area contributed by atoms with Gasteiger partial charge in [-0.15, -0.1) is 0 Å². The van der Waals surface area contributed by atoms with Crippen LogP contribution in [0.3, 0.4) is 0 Å². The second-order valence-corrected chi connectivity index (χ2v) is 6.62. The normalized spacial score (nSPS) is 28.7. The Morgan fingerprint density at radius 1 is 0.714 bits per heavy atom. The Hall–Kier alpha value is 0.1000. The fraction of sp³-hybridized carbons (Fsp3) is 0.600. The van der Waals surface area contributed by atoms with Crippen molar-refractivity contribution < 1.29 is 0 Å². The highest BCUT2D eigenvalue weighted by atomic mass is 32.2. The molecule has 3 aliphatic heterocycles. The van der Waals surface area contributed by atoms with E-state index >= 15 is 0 Å². The first kappa shape index (κ1) is 9.33. The molecule has 0 saturated carbocycles. The molecule has 0 saturated heterocycles. The lowest BCUT2D eigenvalue weighted by Crippen LogP contribution is -2.15. The molecule has 0 fully saturated rings. The molecular weight excluding hydrogens is 212 g/mol. The summed E-state index contributed by atoms with van der Waals surface area (Å²) >= 11 is 4.07. The van der Waals surface area contributed by atoms with E-state index in [1.807, 2.05) is 23.5 Å². The zero-order valence-corrected chi connectivity index (χ0v) is 10.2. The number of hydrogen-bond donors (Lipinski definition) is 0. The summed E-state index contributed by atoms with van der Waals surface area (Å²) in [6, 6.07) is 0. The van der Waals surface area contributed by atoms with Crippen LogP contribution in [0.15, 0.2) is 19.6 Å². The van der Waals surface area contributed by atoms with Gasteiger partial charge in [0.2, 0.25) is 0 Å². The van der Waals surface area contributed by atoms with Gasteiger partial charge in [-0.1, -0.05) is 23.5 Å². The molecule has 0 bridgehead atoms. The molecule has 0 N–H and O–H groups in total. The number of nitrogens with zero attached hydrogens (tertiary/aromatic N) is 2. The van der Waals surface area contributed by atoms with Gasteiger partial charge in [0.25, 0.3) is 0 Å². The molecule has 0 spiro atoms. The van der Waals surface area contributed by atoms with Crippen molar-refractivity contribution in [2.45, 2.75) is 0 Å². The minimum absolute atomic E-state index is 1.16. The lowest BCUT2D eigenvalue weighted by atomic mass is 10.5. The molecule has 0 aliphatic carbocycles. The van der Waals surface area contributed by atoms with Crippen LogP contribution in [-0.4, -0.2) is 50.1 Å². The third kappa shape index (κ3) is 1.45. The topological polar surface area (TPSA) is 6.48 Å². The third-order valence-corrected chi connectivity index (χ3v) is 5.51. The number of hydrogen-bond acceptors (Lipinski definition) is 4. The summed E-state index contributed by atoms with van der Waals surface area (Å²) in [5.74, 6) is 0. The van der Waals surface area contributed by atoms with Gasteiger partial charge in [-0.05, 0) is 14.1 Å². The van der Waals surface area contributed by atoms with E-state index in [1.54, 1.807) is 19.6 Å². The van der Waals surface area contributed by atoms with Gasteiger partial charge >= 0.3 is 0 Å². The molecule has 4 heteroatoms. The van der Waals surface area contributed by atoms with Crippen LogP contribution >= 0.6 is 23.5 Å². The van der Waals surface area contributed by atoms with E-state index in [-0.39, 0.29) is 0 Å². The number of rotatable bonds is 0. The standard InChI is InChI=1S/C10H14N2S2/c1-11-3-7-8(4-11)14-10-6-12(2)5-9(10)13-7/h3-6H2,1-2H3. The highest BCUT2D eigenvalue weighted by Gasteiger charge is 2.31. The average molecular weight is 226 g/mol. The van der Waals surface area contributed by atoms with Gasteiger partial charge in [0.15, 0.2) is 0 Å². The van der Waals surface area contributed by atoms with E-state index < -0.39 is 0 Å². The Morgan fingerprint density at radius 2 is 1.00 bits per heavy atom. The van der Waals surface area contributed by atoms with Crippen molar-refractivity contribution in [3.8, 4) is 0 Å². The molecule has 3 aliphatic rings. The molecule has 0 amide bonds. The van der Waals surface area contributed by atoms with Gasteiger partial charge in [0.05, 0.1) is 0 Å². The van der Waals surface area contributed by atoms with Crippen molar-refractivity contribution in [2.75, 3.05) is 40.3 Å². The quantitative estimate of drug-likeness (QED) is 0.621. The maximum atomic E-state index is 2.40. The molecule has 3 rings (SSSR count). The van der Waals surface area contributed by atoms with Crippen molar-refractivity contribution >= 4 is 23.5 Å². The smallest absolute Gasteiger partial charge is 0.0306 e. The minimum Gasteiger partial charge on any atom is -0.297 e. The van der Waals surface area contributed by atoms with Crippen LogP contribution < -0.4 is 0 Å². The maximum absolute atomic E-state index is 2.40. The molecule has 0 aromatic heterocycles. The molecule has 3 heterocycles. The number of likely N-dealkylation sites (N-methyl/N-ethyl adjacent to an activating group) is 2. The molecule has 0 atom stereocenters. The van der Waals surface area contributed by atoms with Gasteiger partial charge in [-0.2, -0.15) is 0 Å². The van der Waals surface area contributed by atoms with Crippen LogP contribution in [0, 0.1) is 0 Å². The molecule has 0 unspecified atom stereocenters. The van der Waals surface area contributed by atoms with Crippen molar-refractivity contribution in [3.63, 3.8) is 0 Å². The molecule has 76 valence electrons. The molecule has 0 radical (unpaired) electrons. The highest BCUT2D eigenvalue weighted by Crippen LogP contribution is 2.49. The summed E-state index contributed by atoms with van der Waals surface area (Å²) in [6.07, 6.45) is 0. The Bertz CT molecular complexity index is 284. The van der Waals surface area contributed by atoms with E-state index in [0.29, 0.717) is 0 Å². The predicted molar refractivity (Wildman–Crippen MR) is 64.2 cm³/mol. The predicted octanol–water partition coefficient (Wildman–Crippen LogP) is 1.78. The van der Waals surface area contributed by atoms with Crippen LogP contribution in [0.25, 0.3) is 0 Å². The second kappa shape index (κ2) is 3.30. The molecule has 14 heavy (non-hydrogen) atoms. The Labute approximate surface area is 93.4 Å². The maximum Gasteiger partial charge on any atom is 0.0306 e. The van der Waals surface area contributed by atoms with Gasteiger partial charge < -0.3 is 0 Å². The van der Waals surface area contributed by atoms with E-state index in [0.717, 1.165) is 26.2 Å². The second-order valence-electron chi connectivity index (χ2n) is 4.24. The zero-order valence-electron chi connectivity index (χ0n) is 8.54. The fourth-order valence-corrected chi connectivity index (χ4v) is 5.05. The minimum atomic E-state index is 1.16.